The van der Waals surface area contributed by atoms with Crippen molar-refractivity contribution in [3.63, 3.8) is 0 Å². The molecule has 2 rings (SSSR count). The number of likely N-dealkylation sites (N-methyl/N-ethyl adjacent to an activating group) is 1. The number of aliphatic imine (C=N–C) groups is 1. The van der Waals surface area contributed by atoms with E-state index < -0.39 is 12.1 Å². The Morgan fingerprint density at radius 2 is 2.15 bits per heavy atom. The van der Waals surface area contributed by atoms with Crippen molar-refractivity contribution in [3.8, 4) is 0 Å². The standard InChI is InChI=1S/C17H29F3N6/c1-21-16(24-14-7-5-6-13(8-14)17(18,19)20)22-10-15(25(2)3)12-9-23-26(4)11-12/h9,11,13-15H,5-8,10H2,1-4H3,(H2,21,22,24). The highest BCUT2D eigenvalue weighted by atomic mass is 19.4. The molecular formula is C17H29F3N6. The van der Waals surface area contributed by atoms with Gasteiger partial charge in [-0.2, -0.15) is 18.3 Å². The molecule has 1 fully saturated rings. The first-order valence-corrected chi connectivity index (χ1v) is 8.89. The van der Waals surface area contributed by atoms with Crippen LogP contribution in [0.25, 0.3) is 0 Å². The summed E-state index contributed by atoms with van der Waals surface area (Å²) in [5.74, 6) is -0.690. The molecule has 0 radical (unpaired) electrons. The van der Waals surface area contributed by atoms with Gasteiger partial charge in [-0.1, -0.05) is 6.42 Å². The Morgan fingerprint density at radius 1 is 1.42 bits per heavy atom. The molecule has 6 nitrogen and oxygen atoms in total. The summed E-state index contributed by atoms with van der Waals surface area (Å²) in [7, 11) is 7.45. The lowest BCUT2D eigenvalue weighted by Crippen LogP contribution is -2.48. The smallest absolute Gasteiger partial charge is 0.354 e. The van der Waals surface area contributed by atoms with Gasteiger partial charge in [0.15, 0.2) is 5.96 Å². The molecule has 1 aromatic heterocycles. The molecule has 2 N–H and O–H groups in total. The summed E-state index contributed by atoms with van der Waals surface area (Å²) in [6.45, 7) is 0.577. The normalized spacial score (nSPS) is 23.2. The van der Waals surface area contributed by atoms with Crippen LogP contribution in [0.1, 0.15) is 37.3 Å². The maximum Gasteiger partial charge on any atom is 0.391 e. The number of aryl methyl sites for hydroxylation is 1. The molecule has 3 unspecified atom stereocenters. The van der Waals surface area contributed by atoms with Crippen molar-refractivity contribution in [2.45, 2.75) is 43.9 Å². The molecule has 0 aliphatic heterocycles. The minimum absolute atomic E-state index is 0.0801. The summed E-state index contributed by atoms with van der Waals surface area (Å²) < 4.78 is 40.7. The molecule has 1 aromatic rings. The van der Waals surface area contributed by atoms with Crippen LogP contribution in [0.4, 0.5) is 13.2 Å². The number of guanidine groups is 1. The van der Waals surface area contributed by atoms with Gasteiger partial charge < -0.3 is 15.5 Å². The van der Waals surface area contributed by atoms with Gasteiger partial charge >= 0.3 is 6.18 Å². The van der Waals surface area contributed by atoms with Crippen molar-refractivity contribution in [1.82, 2.24) is 25.3 Å². The predicted molar refractivity (Wildman–Crippen MR) is 95.9 cm³/mol. The fourth-order valence-corrected chi connectivity index (χ4v) is 3.41. The lowest BCUT2D eigenvalue weighted by Gasteiger charge is -2.32. The summed E-state index contributed by atoms with van der Waals surface area (Å²) in [4.78, 5) is 6.24. The fraction of sp³-hybridized carbons (Fsp3) is 0.765. The number of hydrogen-bond acceptors (Lipinski definition) is 3. The summed E-state index contributed by atoms with van der Waals surface area (Å²) >= 11 is 0. The third-order valence-electron chi connectivity index (χ3n) is 4.90. The Labute approximate surface area is 152 Å². The molecule has 9 heteroatoms. The van der Waals surface area contributed by atoms with Crippen molar-refractivity contribution >= 4 is 5.96 Å². The topological polar surface area (TPSA) is 57.5 Å². The Hall–Kier alpha value is -1.77. The molecule has 1 aliphatic carbocycles. The van der Waals surface area contributed by atoms with Crippen molar-refractivity contribution in [3.05, 3.63) is 18.0 Å². The Kier molecular flexibility index (Phi) is 6.91. The van der Waals surface area contributed by atoms with Gasteiger partial charge in [0.25, 0.3) is 0 Å². The lowest BCUT2D eigenvalue weighted by atomic mass is 9.85. The second-order valence-electron chi connectivity index (χ2n) is 7.13. The zero-order valence-electron chi connectivity index (χ0n) is 15.8. The summed E-state index contributed by atoms with van der Waals surface area (Å²) in [5.41, 5.74) is 1.07. The first kappa shape index (κ1) is 20.5. The Balaban J connectivity index is 1.92. The lowest BCUT2D eigenvalue weighted by molar-refractivity contribution is -0.183. The van der Waals surface area contributed by atoms with E-state index in [1.807, 2.05) is 33.5 Å². The van der Waals surface area contributed by atoms with E-state index >= 15 is 0 Å². The van der Waals surface area contributed by atoms with Crippen LogP contribution in [0.5, 0.6) is 0 Å². The number of hydrogen-bond donors (Lipinski definition) is 2. The maximum absolute atomic E-state index is 13.0. The minimum Gasteiger partial charge on any atom is -0.354 e. The van der Waals surface area contributed by atoms with Gasteiger partial charge in [0, 0.05) is 38.4 Å². The molecule has 0 amide bonds. The second-order valence-corrected chi connectivity index (χ2v) is 7.13. The quantitative estimate of drug-likeness (QED) is 0.613. The molecule has 3 atom stereocenters. The zero-order valence-corrected chi connectivity index (χ0v) is 15.8. The average Bonchev–Trinajstić information content (AvgIpc) is 2.99. The minimum atomic E-state index is -4.12. The summed E-state index contributed by atoms with van der Waals surface area (Å²) in [5, 5.41) is 10.6. The van der Waals surface area contributed by atoms with Gasteiger partial charge in [0.05, 0.1) is 18.2 Å². The van der Waals surface area contributed by atoms with E-state index in [-0.39, 0.29) is 24.9 Å². The number of halogens is 3. The second kappa shape index (κ2) is 8.75. The molecule has 0 spiro atoms. The van der Waals surface area contributed by atoms with Crippen LogP contribution in [0.3, 0.4) is 0 Å². The molecular weight excluding hydrogens is 345 g/mol. The molecule has 0 saturated heterocycles. The van der Waals surface area contributed by atoms with Crippen molar-refractivity contribution in [2.75, 3.05) is 27.7 Å². The highest BCUT2D eigenvalue weighted by Gasteiger charge is 2.42. The number of nitrogens with zero attached hydrogens (tertiary/aromatic N) is 4. The maximum atomic E-state index is 13.0. The molecule has 26 heavy (non-hydrogen) atoms. The van der Waals surface area contributed by atoms with Gasteiger partial charge in [-0.3, -0.25) is 9.67 Å². The van der Waals surface area contributed by atoms with E-state index in [1.165, 1.54) is 0 Å². The molecule has 0 bridgehead atoms. The highest BCUT2D eigenvalue weighted by molar-refractivity contribution is 5.80. The van der Waals surface area contributed by atoms with Gasteiger partial charge in [-0.05, 0) is 33.4 Å². The first-order valence-electron chi connectivity index (χ1n) is 8.89. The van der Waals surface area contributed by atoms with Crippen molar-refractivity contribution in [1.29, 1.82) is 0 Å². The van der Waals surface area contributed by atoms with E-state index in [1.54, 1.807) is 11.7 Å². The van der Waals surface area contributed by atoms with Crippen LogP contribution in [0.15, 0.2) is 17.4 Å². The number of rotatable bonds is 5. The third-order valence-corrected chi connectivity index (χ3v) is 4.90. The van der Waals surface area contributed by atoms with Crippen LogP contribution in [-0.4, -0.2) is 60.5 Å². The van der Waals surface area contributed by atoms with Crippen LogP contribution >= 0.6 is 0 Å². The van der Waals surface area contributed by atoms with Crippen molar-refractivity contribution < 1.29 is 13.2 Å². The van der Waals surface area contributed by atoms with E-state index in [4.69, 9.17) is 0 Å². The van der Waals surface area contributed by atoms with Crippen molar-refractivity contribution in [2.24, 2.45) is 18.0 Å². The van der Waals surface area contributed by atoms with Gasteiger partial charge in [0.2, 0.25) is 0 Å². The van der Waals surface area contributed by atoms with Crippen LogP contribution in [0.2, 0.25) is 0 Å². The molecule has 1 aliphatic rings. The molecule has 0 aromatic carbocycles. The number of nitrogens with one attached hydrogen (secondary N) is 2. The van der Waals surface area contributed by atoms with Crippen LogP contribution in [-0.2, 0) is 7.05 Å². The SMILES string of the molecule is CN=C(NCC(c1cnn(C)c1)N(C)C)NC1CCCC(C(F)(F)F)C1. The predicted octanol–water partition coefficient (Wildman–Crippen LogP) is 2.31. The van der Waals surface area contributed by atoms with E-state index in [9.17, 15) is 13.2 Å². The van der Waals surface area contributed by atoms with Gasteiger partial charge in [-0.15, -0.1) is 0 Å². The monoisotopic (exact) mass is 374 g/mol. The van der Waals surface area contributed by atoms with E-state index in [2.05, 4.69) is 25.6 Å². The third kappa shape index (κ3) is 5.62. The first-order chi connectivity index (χ1) is 12.2. The number of alkyl halides is 3. The van der Waals surface area contributed by atoms with Crippen LogP contribution < -0.4 is 10.6 Å². The summed E-state index contributed by atoms with van der Waals surface area (Å²) in [6.07, 6.45) is 1.28. The number of aromatic nitrogens is 2. The fourth-order valence-electron chi connectivity index (χ4n) is 3.41. The zero-order chi connectivity index (χ0) is 19.3. The Morgan fingerprint density at radius 3 is 2.69 bits per heavy atom. The molecule has 1 heterocycles. The molecule has 148 valence electrons. The van der Waals surface area contributed by atoms with Crippen LogP contribution in [0, 0.1) is 5.92 Å². The van der Waals surface area contributed by atoms with Gasteiger partial charge in [-0.25, -0.2) is 0 Å². The van der Waals surface area contributed by atoms with E-state index in [0.717, 1.165) is 12.0 Å². The summed E-state index contributed by atoms with van der Waals surface area (Å²) in [6, 6.07) is -0.130. The average molecular weight is 374 g/mol. The van der Waals surface area contributed by atoms with E-state index in [0.29, 0.717) is 18.9 Å². The highest BCUT2D eigenvalue weighted by Crippen LogP contribution is 2.37. The van der Waals surface area contributed by atoms with Gasteiger partial charge in [0.1, 0.15) is 0 Å². The Bertz CT molecular complexity index is 596. The largest absolute Gasteiger partial charge is 0.391 e. The molecule has 1 saturated carbocycles.